The van der Waals surface area contributed by atoms with Crippen LogP contribution in [-0.2, 0) is 16.0 Å². The Hall–Kier alpha value is -1.53. The Morgan fingerprint density at radius 3 is 2.81 bits per heavy atom. The van der Waals surface area contributed by atoms with Crippen molar-refractivity contribution in [1.29, 1.82) is 0 Å². The Morgan fingerprint density at radius 2 is 2.00 bits per heavy atom. The molecule has 0 aliphatic carbocycles. The normalized spacial score (nSPS) is 19.7. The van der Waals surface area contributed by atoms with Crippen LogP contribution in [0.15, 0.2) is 6.33 Å². The van der Waals surface area contributed by atoms with Gasteiger partial charge in [0.25, 0.3) is 0 Å². The molecule has 1 aromatic rings. The zero-order valence-electron chi connectivity index (χ0n) is 12.5. The minimum atomic E-state index is 0.183. The molecule has 114 valence electrons. The number of ether oxygens (including phenoxy) is 1. The number of aromatic nitrogens is 2. The largest absolute Gasteiger partial charge is 0.379 e. The summed E-state index contributed by atoms with van der Waals surface area (Å²) in [7, 11) is 0. The van der Waals surface area contributed by atoms with E-state index in [2.05, 4.69) is 14.9 Å². The lowest BCUT2D eigenvalue weighted by atomic mass is 10.0. The third kappa shape index (κ3) is 3.22. The molecule has 3 rings (SSSR count). The summed E-state index contributed by atoms with van der Waals surface area (Å²) in [5.41, 5.74) is 2.12. The molecule has 1 saturated heterocycles. The first-order valence-electron chi connectivity index (χ1n) is 7.66. The maximum Gasteiger partial charge on any atom is 0.228 e. The Kier molecular flexibility index (Phi) is 4.45. The number of fused-ring (bicyclic) bond motifs is 1. The summed E-state index contributed by atoms with van der Waals surface area (Å²) in [5, 5.41) is 0. The number of anilines is 1. The number of hydrogen-bond donors (Lipinski definition) is 0. The third-order valence-corrected chi connectivity index (χ3v) is 4.24. The van der Waals surface area contributed by atoms with Crippen molar-refractivity contribution < 1.29 is 9.53 Å². The van der Waals surface area contributed by atoms with Crippen LogP contribution >= 0.6 is 0 Å². The molecule has 0 spiro atoms. The highest BCUT2D eigenvalue weighted by Gasteiger charge is 2.26. The lowest BCUT2D eigenvalue weighted by Gasteiger charge is -2.30. The van der Waals surface area contributed by atoms with Crippen molar-refractivity contribution >= 4 is 11.7 Å². The van der Waals surface area contributed by atoms with Gasteiger partial charge in [0.2, 0.25) is 5.91 Å². The van der Waals surface area contributed by atoms with E-state index < -0.39 is 0 Å². The van der Waals surface area contributed by atoms with Gasteiger partial charge >= 0.3 is 0 Å². The highest BCUT2D eigenvalue weighted by Crippen LogP contribution is 2.26. The van der Waals surface area contributed by atoms with E-state index in [0.717, 1.165) is 69.3 Å². The molecule has 0 bridgehead atoms. The molecule has 3 heterocycles. The van der Waals surface area contributed by atoms with Crippen LogP contribution in [0.1, 0.15) is 24.1 Å². The molecule has 2 aliphatic rings. The van der Waals surface area contributed by atoms with Crippen molar-refractivity contribution in [3.8, 4) is 0 Å². The molecule has 21 heavy (non-hydrogen) atoms. The Bertz CT molecular complexity index is 514. The first-order valence-corrected chi connectivity index (χ1v) is 7.66. The number of morpholine rings is 1. The van der Waals surface area contributed by atoms with Gasteiger partial charge in [0.1, 0.15) is 12.1 Å². The van der Waals surface area contributed by atoms with Gasteiger partial charge in [-0.2, -0.15) is 0 Å². The highest BCUT2D eigenvalue weighted by molar-refractivity contribution is 5.95. The minimum absolute atomic E-state index is 0.183. The molecule has 6 heteroatoms. The molecule has 0 unspecified atom stereocenters. The summed E-state index contributed by atoms with van der Waals surface area (Å²) in [4.78, 5) is 25.0. The van der Waals surface area contributed by atoms with E-state index >= 15 is 0 Å². The van der Waals surface area contributed by atoms with Gasteiger partial charge in [-0.1, -0.05) is 0 Å². The van der Waals surface area contributed by atoms with Gasteiger partial charge in [-0.25, -0.2) is 9.97 Å². The summed E-state index contributed by atoms with van der Waals surface area (Å²) in [6, 6.07) is 0. The van der Waals surface area contributed by atoms with Crippen LogP contribution in [0.25, 0.3) is 0 Å². The number of carbonyl (C=O) groups is 1. The summed E-state index contributed by atoms with van der Waals surface area (Å²) < 4.78 is 5.35. The SMILES string of the molecule is Cc1ncnc2c1CCC(=O)N2CCCN1CCOCC1. The van der Waals surface area contributed by atoms with Gasteiger partial charge in [0.15, 0.2) is 0 Å². The Labute approximate surface area is 125 Å². The number of hydrogen-bond acceptors (Lipinski definition) is 5. The molecule has 2 aliphatic heterocycles. The van der Waals surface area contributed by atoms with E-state index in [1.165, 1.54) is 0 Å². The number of aryl methyl sites for hydroxylation is 1. The van der Waals surface area contributed by atoms with Gasteiger partial charge in [0, 0.05) is 43.9 Å². The van der Waals surface area contributed by atoms with Gasteiger partial charge < -0.3 is 4.74 Å². The smallest absolute Gasteiger partial charge is 0.228 e. The standard InChI is InChI=1S/C15H22N4O2/c1-12-13-3-4-14(20)19(15(13)17-11-16-12)6-2-5-18-7-9-21-10-8-18/h11H,2-10H2,1H3. The van der Waals surface area contributed by atoms with Crippen LogP contribution in [0, 0.1) is 6.92 Å². The fourth-order valence-electron chi connectivity index (χ4n) is 3.01. The first kappa shape index (κ1) is 14.4. The zero-order valence-corrected chi connectivity index (χ0v) is 12.5. The second-order valence-electron chi connectivity index (χ2n) is 5.61. The van der Waals surface area contributed by atoms with Crippen LogP contribution in [0.4, 0.5) is 5.82 Å². The van der Waals surface area contributed by atoms with E-state index in [1.807, 2.05) is 11.8 Å². The Morgan fingerprint density at radius 1 is 1.19 bits per heavy atom. The minimum Gasteiger partial charge on any atom is -0.379 e. The third-order valence-electron chi connectivity index (χ3n) is 4.24. The average molecular weight is 290 g/mol. The molecule has 1 aromatic heterocycles. The summed E-state index contributed by atoms with van der Waals surface area (Å²) in [6.07, 6.45) is 3.86. The molecule has 1 fully saturated rings. The predicted octanol–water partition coefficient (Wildman–Crippen LogP) is 0.787. The first-order chi connectivity index (χ1) is 10.3. The van der Waals surface area contributed by atoms with Gasteiger partial charge in [-0.3, -0.25) is 14.6 Å². The van der Waals surface area contributed by atoms with Crippen LogP contribution < -0.4 is 4.90 Å². The van der Waals surface area contributed by atoms with Crippen molar-refractivity contribution in [2.45, 2.75) is 26.2 Å². The molecule has 0 radical (unpaired) electrons. The second-order valence-corrected chi connectivity index (χ2v) is 5.61. The molecule has 1 amide bonds. The molecule has 6 nitrogen and oxygen atoms in total. The van der Waals surface area contributed by atoms with Gasteiger partial charge in [0.05, 0.1) is 13.2 Å². The second kappa shape index (κ2) is 6.49. The molecule has 0 saturated carbocycles. The van der Waals surface area contributed by atoms with E-state index in [0.29, 0.717) is 6.42 Å². The highest BCUT2D eigenvalue weighted by atomic mass is 16.5. The van der Waals surface area contributed by atoms with Crippen molar-refractivity contribution in [3.05, 3.63) is 17.6 Å². The van der Waals surface area contributed by atoms with E-state index in [1.54, 1.807) is 6.33 Å². The summed E-state index contributed by atoms with van der Waals surface area (Å²) >= 11 is 0. The number of carbonyl (C=O) groups excluding carboxylic acids is 1. The van der Waals surface area contributed by atoms with Gasteiger partial charge in [-0.05, 0) is 19.8 Å². The van der Waals surface area contributed by atoms with Crippen molar-refractivity contribution in [2.75, 3.05) is 44.3 Å². The lowest BCUT2D eigenvalue weighted by molar-refractivity contribution is -0.119. The maximum atomic E-state index is 12.2. The van der Waals surface area contributed by atoms with Crippen LogP contribution in [0.2, 0.25) is 0 Å². The topological polar surface area (TPSA) is 58.6 Å². The maximum absolute atomic E-state index is 12.2. The molecule has 0 atom stereocenters. The van der Waals surface area contributed by atoms with Crippen molar-refractivity contribution in [3.63, 3.8) is 0 Å². The van der Waals surface area contributed by atoms with Crippen LogP contribution in [-0.4, -0.2) is 60.2 Å². The number of amides is 1. The van der Waals surface area contributed by atoms with Crippen LogP contribution in [0.3, 0.4) is 0 Å². The van der Waals surface area contributed by atoms with Crippen molar-refractivity contribution in [1.82, 2.24) is 14.9 Å². The molecular weight excluding hydrogens is 268 g/mol. The predicted molar refractivity (Wildman–Crippen MR) is 79.3 cm³/mol. The van der Waals surface area contributed by atoms with Crippen molar-refractivity contribution in [2.24, 2.45) is 0 Å². The van der Waals surface area contributed by atoms with E-state index in [-0.39, 0.29) is 5.91 Å². The number of rotatable bonds is 4. The Balaban J connectivity index is 1.62. The molecule has 0 aromatic carbocycles. The van der Waals surface area contributed by atoms with E-state index in [9.17, 15) is 4.79 Å². The summed E-state index contributed by atoms with van der Waals surface area (Å²) in [5.74, 6) is 1.00. The van der Waals surface area contributed by atoms with Crippen LogP contribution in [0.5, 0.6) is 0 Å². The fraction of sp³-hybridized carbons (Fsp3) is 0.667. The van der Waals surface area contributed by atoms with Gasteiger partial charge in [-0.15, -0.1) is 0 Å². The monoisotopic (exact) mass is 290 g/mol. The lowest BCUT2D eigenvalue weighted by Crippen LogP contribution is -2.40. The fourth-order valence-corrected chi connectivity index (χ4v) is 3.01. The quantitative estimate of drug-likeness (QED) is 0.820. The number of nitrogens with zero attached hydrogens (tertiary/aromatic N) is 4. The summed E-state index contributed by atoms with van der Waals surface area (Å²) in [6.45, 7) is 7.35. The molecular formula is C15H22N4O2. The zero-order chi connectivity index (χ0) is 14.7. The van der Waals surface area contributed by atoms with E-state index in [4.69, 9.17) is 4.74 Å². The average Bonchev–Trinajstić information content (AvgIpc) is 2.51. The molecule has 0 N–H and O–H groups in total.